The zero-order chi connectivity index (χ0) is 14.4. The molecule has 0 saturated carbocycles. The molecule has 110 valence electrons. The van der Waals surface area contributed by atoms with E-state index in [1.165, 1.54) is 19.3 Å². The van der Waals surface area contributed by atoms with E-state index in [0.29, 0.717) is 11.5 Å². The van der Waals surface area contributed by atoms with Crippen LogP contribution in [-0.2, 0) is 0 Å². The summed E-state index contributed by atoms with van der Waals surface area (Å²) in [4.78, 5) is 0. The lowest BCUT2D eigenvalue weighted by Gasteiger charge is -2.34. The Morgan fingerprint density at radius 2 is 1.56 bits per heavy atom. The van der Waals surface area contributed by atoms with Gasteiger partial charge in [-0.05, 0) is 57.9 Å². The predicted octanol–water partition coefficient (Wildman–Crippen LogP) is 3.94. The average Bonchev–Trinajstić information content (AvgIpc) is 2.10. The molecular weight excluding hydrogens is 220 g/mol. The molecule has 0 aliphatic heterocycles. The molecule has 0 aliphatic carbocycles. The van der Waals surface area contributed by atoms with Crippen molar-refractivity contribution in [2.24, 2.45) is 17.1 Å². The Labute approximate surface area is 115 Å². The molecule has 0 saturated heterocycles. The van der Waals surface area contributed by atoms with Crippen molar-refractivity contribution in [1.82, 2.24) is 5.32 Å². The molecule has 0 heterocycles. The van der Waals surface area contributed by atoms with Crippen molar-refractivity contribution in [3.8, 4) is 0 Å². The molecule has 0 fully saturated rings. The molecule has 0 amide bonds. The molecular formula is C16H36N2. The van der Waals surface area contributed by atoms with Crippen molar-refractivity contribution in [1.29, 1.82) is 0 Å². The van der Waals surface area contributed by atoms with E-state index in [0.717, 1.165) is 18.9 Å². The normalized spacial score (nSPS) is 16.7. The highest BCUT2D eigenvalue weighted by Crippen LogP contribution is 2.27. The zero-order valence-corrected chi connectivity index (χ0v) is 13.8. The van der Waals surface area contributed by atoms with Crippen LogP contribution >= 0.6 is 0 Å². The smallest absolute Gasteiger partial charge is 0.0130 e. The van der Waals surface area contributed by atoms with E-state index < -0.39 is 0 Å². The van der Waals surface area contributed by atoms with Gasteiger partial charge in [-0.2, -0.15) is 0 Å². The van der Waals surface area contributed by atoms with Crippen LogP contribution in [0.15, 0.2) is 0 Å². The van der Waals surface area contributed by atoms with Gasteiger partial charge in [-0.15, -0.1) is 0 Å². The number of nitrogens with one attached hydrogen (secondary N) is 1. The molecule has 2 nitrogen and oxygen atoms in total. The highest BCUT2D eigenvalue weighted by molar-refractivity contribution is 4.83. The standard InChI is InChI=1S/C16H36N2/c1-13(9-8-10-14(2)17)11-18-16(6,7)12-15(3,4)5/h13-14,18H,8-12,17H2,1-7H3. The summed E-state index contributed by atoms with van der Waals surface area (Å²) in [6.45, 7) is 17.1. The van der Waals surface area contributed by atoms with Gasteiger partial charge in [0.2, 0.25) is 0 Å². The first kappa shape index (κ1) is 17.9. The topological polar surface area (TPSA) is 38.0 Å². The summed E-state index contributed by atoms with van der Waals surface area (Å²) in [5.74, 6) is 0.739. The lowest BCUT2D eigenvalue weighted by Crippen LogP contribution is -2.44. The maximum Gasteiger partial charge on any atom is 0.0130 e. The summed E-state index contributed by atoms with van der Waals surface area (Å²) in [5, 5.41) is 3.72. The highest BCUT2D eigenvalue weighted by atomic mass is 15.0. The maximum atomic E-state index is 5.78. The SMILES string of the molecule is CC(N)CCCC(C)CNC(C)(C)CC(C)(C)C. The Hall–Kier alpha value is -0.0800. The van der Waals surface area contributed by atoms with Gasteiger partial charge in [0.05, 0.1) is 0 Å². The van der Waals surface area contributed by atoms with Gasteiger partial charge in [0.25, 0.3) is 0 Å². The van der Waals surface area contributed by atoms with Crippen LogP contribution in [0.5, 0.6) is 0 Å². The van der Waals surface area contributed by atoms with Crippen LogP contribution in [0.1, 0.15) is 74.1 Å². The van der Waals surface area contributed by atoms with Gasteiger partial charge in [0.1, 0.15) is 0 Å². The number of nitrogens with two attached hydrogens (primary N) is 1. The van der Waals surface area contributed by atoms with E-state index in [1.807, 2.05) is 0 Å². The van der Waals surface area contributed by atoms with Crippen LogP contribution < -0.4 is 11.1 Å². The first-order valence-electron chi connectivity index (χ1n) is 7.52. The fraction of sp³-hybridized carbons (Fsp3) is 1.00. The van der Waals surface area contributed by atoms with Crippen molar-refractivity contribution in [3.05, 3.63) is 0 Å². The Bertz CT molecular complexity index is 214. The highest BCUT2D eigenvalue weighted by Gasteiger charge is 2.25. The largest absolute Gasteiger partial charge is 0.328 e. The molecule has 0 aromatic carbocycles. The fourth-order valence-electron chi connectivity index (χ4n) is 2.73. The molecule has 0 aromatic rings. The van der Waals surface area contributed by atoms with Gasteiger partial charge < -0.3 is 11.1 Å². The lowest BCUT2D eigenvalue weighted by molar-refractivity contribution is 0.232. The summed E-state index contributed by atoms with van der Waals surface area (Å²) in [7, 11) is 0. The van der Waals surface area contributed by atoms with Gasteiger partial charge in [-0.3, -0.25) is 0 Å². The van der Waals surface area contributed by atoms with E-state index in [2.05, 4.69) is 53.8 Å². The van der Waals surface area contributed by atoms with Crippen molar-refractivity contribution < 1.29 is 0 Å². The number of hydrogen-bond acceptors (Lipinski definition) is 2. The Balaban J connectivity index is 3.86. The van der Waals surface area contributed by atoms with Gasteiger partial charge in [0, 0.05) is 11.6 Å². The van der Waals surface area contributed by atoms with E-state index in [1.54, 1.807) is 0 Å². The van der Waals surface area contributed by atoms with Gasteiger partial charge >= 0.3 is 0 Å². The monoisotopic (exact) mass is 256 g/mol. The number of hydrogen-bond donors (Lipinski definition) is 2. The average molecular weight is 256 g/mol. The summed E-state index contributed by atoms with van der Waals surface area (Å²) < 4.78 is 0. The molecule has 0 aromatic heterocycles. The summed E-state index contributed by atoms with van der Waals surface area (Å²) in [6, 6.07) is 0.350. The van der Waals surface area contributed by atoms with Gasteiger partial charge in [0.15, 0.2) is 0 Å². The molecule has 0 bridgehead atoms. The van der Waals surface area contributed by atoms with E-state index in [9.17, 15) is 0 Å². The second-order valence-electron chi connectivity index (χ2n) is 8.02. The summed E-state index contributed by atoms with van der Waals surface area (Å²) >= 11 is 0. The van der Waals surface area contributed by atoms with Crippen LogP contribution in [0.3, 0.4) is 0 Å². The van der Waals surface area contributed by atoms with Gasteiger partial charge in [-0.1, -0.05) is 34.1 Å². The Morgan fingerprint density at radius 1 is 1.00 bits per heavy atom. The molecule has 0 spiro atoms. The Morgan fingerprint density at radius 3 is 2.00 bits per heavy atom. The van der Waals surface area contributed by atoms with Crippen molar-refractivity contribution in [3.63, 3.8) is 0 Å². The van der Waals surface area contributed by atoms with Crippen LogP contribution in [0.4, 0.5) is 0 Å². The van der Waals surface area contributed by atoms with Crippen LogP contribution in [0, 0.1) is 11.3 Å². The van der Waals surface area contributed by atoms with Crippen molar-refractivity contribution >= 4 is 0 Å². The van der Waals surface area contributed by atoms with Crippen molar-refractivity contribution in [2.45, 2.75) is 85.7 Å². The molecule has 18 heavy (non-hydrogen) atoms. The molecule has 2 heteroatoms. The van der Waals surface area contributed by atoms with Crippen LogP contribution in [0.25, 0.3) is 0 Å². The summed E-state index contributed by atoms with van der Waals surface area (Å²) in [6.07, 6.45) is 4.88. The first-order chi connectivity index (χ1) is 8.02. The third-order valence-corrected chi connectivity index (χ3v) is 3.26. The Kier molecular flexibility index (Phi) is 7.46. The number of rotatable bonds is 8. The van der Waals surface area contributed by atoms with Gasteiger partial charge in [-0.25, -0.2) is 0 Å². The molecule has 0 radical (unpaired) electrons. The quantitative estimate of drug-likeness (QED) is 0.690. The fourth-order valence-corrected chi connectivity index (χ4v) is 2.73. The molecule has 0 aliphatic rings. The third-order valence-electron chi connectivity index (χ3n) is 3.26. The minimum atomic E-state index is 0.230. The minimum Gasteiger partial charge on any atom is -0.328 e. The first-order valence-corrected chi connectivity index (χ1v) is 7.52. The van der Waals surface area contributed by atoms with Crippen LogP contribution in [-0.4, -0.2) is 18.1 Å². The second kappa shape index (κ2) is 7.49. The third kappa shape index (κ3) is 11.0. The molecule has 2 atom stereocenters. The maximum absolute atomic E-state index is 5.78. The summed E-state index contributed by atoms with van der Waals surface area (Å²) in [5.41, 5.74) is 6.39. The van der Waals surface area contributed by atoms with E-state index in [-0.39, 0.29) is 5.54 Å². The zero-order valence-electron chi connectivity index (χ0n) is 13.8. The minimum absolute atomic E-state index is 0.230. The molecule has 3 N–H and O–H groups in total. The second-order valence-corrected chi connectivity index (χ2v) is 8.02. The van der Waals surface area contributed by atoms with E-state index >= 15 is 0 Å². The lowest BCUT2D eigenvalue weighted by atomic mass is 9.81. The van der Waals surface area contributed by atoms with Crippen LogP contribution in [0.2, 0.25) is 0 Å². The van der Waals surface area contributed by atoms with Crippen molar-refractivity contribution in [2.75, 3.05) is 6.54 Å². The predicted molar refractivity (Wildman–Crippen MR) is 82.8 cm³/mol. The van der Waals surface area contributed by atoms with E-state index in [4.69, 9.17) is 5.73 Å². The molecule has 0 rings (SSSR count). The molecule has 2 unspecified atom stereocenters.